The van der Waals surface area contributed by atoms with Gasteiger partial charge in [-0.25, -0.2) is 0 Å². The first-order valence-corrected chi connectivity index (χ1v) is 6.40. The van der Waals surface area contributed by atoms with Gasteiger partial charge in [0.1, 0.15) is 5.75 Å². The van der Waals surface area contributed by atoms with Crippen LogP contribution in [-0.4, -0.2) is 18.8 Å². The van der Waals surface area contributed by atoms with Crippen LogP contribution in [0.15, 0.2) is 24.3 Å². The smallest absolute Gasteiger partial charge is 0.389 e. The summed E-state index contributed by atoms with van der Waals surface area (Å²) in [6.07, 6.45) is -4.65. The molecular weight excluding hydrogens is 255 g/mol. The summed E-state index contributed by atoms with van der Waals surface area (Å²) in [5.41, 5.74) is 0.961. The van der Waals surface area contributed by atoms with Crippen molar-refractivity contribution in [2.24, 2.45) is 0 Å². The fourth-order valence-corrected chi connectivity index (χ4v) is 1.66. The molecule has 0 bridgehead atoms. The average Bonchev–Trinajstić information content (AvgIpc) is 2.28. The van der Waals surface area contributed by atoms with Gasteiger partial charge in [0.05, 0.1) is 6.10 Å². The third kappa shape index (κ3) is 7.06. The zero-order valence-corrected chi connectivity index (χ0v) is 11.3. The number of nitrogens with one attached hydrogen (secondary N) is 1. The zero-order chi connectivity index (χ0) is 14.3. The zero-order valence-electron chi connectivity index (χ0n) is 11.3. The highest BCUT2D eigenvalue weighted by Gasteiger charge is 2.25. The van der Waals surface area contributed by atoms with Crippen LogP contribution in [0.1, 0.15) is 32.3 Å². The molecule has 0 atom stereocenters. The number of rotatable bonds is 7. The van der Waals surface area contributed by atoms with E-state index in [2.05, 4.69) is 5.32 Å². The predicted molar refractivity (Wildman–Crippen MR) is 69.2 cm³/mol. The van der Waals surface area contributed by atoms with Gasteiger partial charge in [-0.3, -0.25) is 0 Å². The van der Waals surface area contributed by atoms with Crippen LogP contribution in [0, 0.1) is 0 Å². The SMILES string of the molecule is CC(C)Oc1ccccc1CNCCCC(F)(F)F. The van der Waals surface area contributed by atoms with E-state index in [9.17, 15) is 13.2 Å². The second kappa shape index (κ2) is 7.38. The lowest BCUT2D eigenvalue weighted by molar-refractivity contribution is -0.135. The Kier molecular flexibility index (Phi) is 6.15. The van der Waals surface area contributed by atoms with Crippen LogP contribution in [0.5, 0.6) is 5.75 Å². The quantitative estimate of drug-likeness (QED) is 0.762. The highest BCUT2D eigenvalue weighted by atomic mass is 19.4. The molecule has 0 amide bonds. The minimum absolute atomic E-state index is 0.0754. The fourth-order valence-electron chi connectivity index (χ4n) is 1.66. The van der Waals surface area contributed by atoms with Crippen molar-refractivity contribution >= 4 is 0 Å². The van der Waals surface area contributed by atoms with Gasteiger partial charge in [-0.1, -0.05) is 18.2 Å². The van der Waals surface area contributed by atoms with E-state index in [1.807, 2.05) is 38.1 Å². The Hall–Kier alpha value is -1.23. The second-order valence-corrected chi connectivity index (χ2v) is 4.67. The lowest BCUT2D eigenvalue weighted by Crippen LogP contribution is -2.18. The molecule has 0 aliphatic heterocycles. The van der Waals surface area contributed by atoms with Gasteiger partial charge in [-0.15, -0.1) is 0 Å². The van der Waals surface area contributed by atoms with Gasteiger partial charge >= 0.3 is 6.18 Å². The molecular formula is C14H20F3NO. The largest absolute Gasteiger partial charge is 0.491 e. The number of hydrogen-bond acceptors (Lipinski definition) is 2. The van der Waals surface area contributed by atoms with Crippen molar-refractivity contribution in [1.82, 2.24) is 5.32 Å². The summed E-state index contributed by atoms with van der Waals surface area (Å²) in [6.45, 7) is 4.73. The molecule has 1 N–H and O–H groups in total. The maximum Gasteiger partial charge on any atom is 0.389 e. The molecule has 108 valence electrons. The Balaban J connectivity index is 2.36. The van der Waals surface area contributed by atoms with Crippen molar-refractivity contribution < 1.29 is 17.9 Å². The maximum absolute atomic E-state index is 12.0. The molecule has 0 unspecified atom stereocenters. The predicted octanol–water partition coefficient (Wildman–Crippen LogP) is 3.91. The number of ether oxygens (including phenoxy) is 1. The number of hydrogen-bond donors (Lipinski definition) is 1. The van der Waals surface area contributed by atoms with Crippen molar-refractivity contribution in [3.8, 4) is 5.75 Å². The van der Waals surface area contributed by atoms with Gasteiger partial charge < -0.3 is 10.1 Å². The molecule has 5 heteroatoms. The van der Waals surface area contributed by atoms with Crippen molar-refractivity contribution in [3.05, 3.63) is 29.8 Å². The molecule has 0 radical (unpaired) electrons. The highest BCUT2D eigenvalue weighted by Crippen LogP contribution is 2.21. The number of para-hydroxylation sites is 1. The molecule has 0 aliphatic carbocycles. The van der Waals surface area contributed by atoms with Crippen LogP contribution in [-0.2, 0) is 6.54 Å². The summed E-state index contributed by atoms with van der Waals surface area (Å²) in [5.74, 6) is 0.779. The molecule has 0 aliphatic rings. The third-order valence-corrected chi connectivity index (χ3v) is 2.46. The lowest BCUT2D eigenvalue weighted by Gasteiger charge is -2.14. The minimum atomic E-state index is -4.07. The van der Waals surface area contributed by atoms with Crippen LogP contribution in [0.3, 0.4) is 0 Å². The molecule has 2 nitrogen and oxygen atoms in total. The monoisotopic (exact) mass is 275 g/mol. The Bertz CT molecular complexity index is 377. The van der Waals surface area contributed by atoms with Gasteiger partial charge in [-0.2, -0.15) is 13.2 Å². The molecule has 0 saturated heterocycles. The molecule has 1 aromatic rings. The summed E-state index contributed by atoms with van der Waals surface area (Å²) in [7, 11) is 0. The standard InChI is InChI=1S/C14H20F3NO/c1-11(2)19-13-7-4-3-6-12(13)10-18-9-5-8-14(15,16)17/h3-4,6-7,11,18H,5,8-10H2,1-2H3. The Labute approximate surface area is 112 Å². The Morgan fingerprint density at radius 1 is 1.21 bits per heavy atom. The second-order valence-electron chi connectivity index (χ2n) is 4.67. The van der Waals surface area contributed by atoms with Gasteiger partial charge in [0.25, 0.3) is 0 Å². The number of halogens is 3. The molecule has 0 saturated carbocycles. The van der Waals surface area contributed by atoms with Crippen molar-refractivity contribution in [3.63, 3.8) is 0 Å². The van der Waals surface area contributed by atoms with E-state index in [0.29, 0.717) is 13.1 Å². The van der Waals surface area contributed by atoms with Crippen molar-refractivity contribution in [2.75, 3.05) is 6.54 Å². The maximum atomic E-state index is 12.0. The van der Waals surface area contributed by atoms with Crippen LogP contribution in [0.25, 0.3) is 0 Å². The molecule has 0 heterocycles. The molecule has 0 spiro atoms. The van der Waals surface area contributed by atoms with Gasteiger partial charge in [0.2, 0.25) is 0 Å². The molecule has 0 fully saturated rings. The molecule has 0 aromatic heterocycles. The molecule has 1 aromatic carbocycles. The molecule has 1 rings (SSSR count). The van der Waals surface area contributed by atoms with Gasteiger partial charge in [-0.05, 0) is 32.9 Å². The van der Waals surface area contributed by atoms with E-state index in [0.717, 1.165) is 11.3 Å². The van der Waals surface area contributed by atoms with E-state index in [-0.39, 0.29) is 12.5 Å². The van der Waals surface area contributed by atoms with E-state index in [1.54, 1.807) is 0 Å². The van der Waals surface area contributed by atoms with Crippen LogP contribution >= 0.6 is 0 Å². The van der Waals surface area contributed by atoms with Crippen molar-refractivity contribution in [2.45, 2.75) is 45.5 Å². The van der Waals surface area contributed by atoms with Crippen LogP contribution in [0.2, 0.25) is 0 Å². The molecule has 19 heavy (non-hydrogen) atoms. The summed E-state index contributed by atoms with van der Waals surface area (Å²) in [5, 5.41) is 3.01. The first-order valence-electron chi connectivity index (χ1n) is 6.40. The normalized spacial score (nSPS) is 11.9. The summed E-state index contributed by atoms with van der Waals surface area (Å²) >= 11 is 0. The average molecular weight is 275 g/mol. The van der Waals surface area contributed by atoms with E-state index >= 15 is 0 Å². The Morgan fingerprint density at radius 2 is 1.89 bits per heavy atom. The number of alkyl halides is 3. The van der Waals surface area contributed by atoms with Gasteiger partial charge in [0.15, 0.2) is 0 Å². The first kappa shape index (κ1) is 15.8. The summed E-state index contributed by atoms with van der Waals surface area (Å²) < 4.78 is 41.5. The first-order chi connectivity index (χ1) is 8.88. The van der Waals surface area contributed by atoms with E-state index in [1.165, 1.54) is 0 Å². The minimum Gasteiger partial charge on any atom is -0.491 e. The highest BCUT2D eigenvalue weighted by molar-refractivity contribution is 5.33. The number of benzene rings is 1. The summed E-state index contributed by atoms with van der Waals surface area (Å²) in [6, 6.07) is 7.55. The lowest BCUT2D eigenvalue weighted by atomic mass is 10.2. The fraction of sp³-hybridized carbons (Fsp3) is 0.571. The summed E-state index contributed by atoms with van der Waals surface area (Å²) in [4.78, 5) is 0. The Morgan fingerprint density at radius 3 is 2.53 bits per heavy atom. The topological polar surface area (TPSA) is 21.3 Å². The van der Waals surface area contributed by atoms with Crippen molar-refractivity contribution in [1.29, 1.82) is 0 Å². The van der Waals surface area contributed by atoms with E-state index < -0.39 is 12.6 Å². The van der Waals surface area contributed by atoms with E-state index in [4.69, 9.17) is 4.74 Å². The van der Waals surface area contributed by atoms with Gasteiger partial charge in [0, 0.05) is 18.5 Å². The van der Waals surface area contributed by atoms with Crippen LogP contribution < -0.4 is 10.1 Å². The van der Waals surface area contributed by atoms with Crippen LogP contribution in [0.4, 0.5) is 13.2 Å². The third-order valence-electron chi connectivity index (χ3n) is 2.46.